The van der Waals surface area contributed by atoms with E-state index in [0.29, 0.717) is 5.96 Å². The summed E-state index contributed by atoms with van der Waals surface area (Å²) in [6, 6.07) is 1.84. The molecule has 0 spiro atoms. The Morgan fingerprint density at radius 1 is 1.22 bits per heavy atom. The van der Waals surface area contributed by atoms with Crippen molar-refractivity contribution in [2.75, 3.05) is 44.2 Å². The lowest BCUT2D eigenvalue weighted by Crippen LogP contribution is -2.48. The van der Waals surface area contributed by atoms with E-state index in [2.05, 4.69) is 50.8 Å². The first kappa shape index (κ1) is 19.9. The molecular formula is C15H28IN7. The molecule has 0 saturated carbocycles. The average molecular weight is 433 g/mol. The SMILES string of the molecule is CC(C)(C)NC(N)=NCCN1CCN(c2ncccn2)CC1.I. The van der Waals surface area contributed by atoms with Crippen LogP contribution >= 0.6 is 24.0 Å². The van der Waals surface area contributed by atoms with E-state index in [1.807, 2.05) is 6.07 Å². The van der Waals surface area contributed by atoms with Crippen molar-refractivity contribution >= 4 is 35.9 Å². The second-order valence-electron chi connectivity index (χ2n) is 6.52. The van der Waals surface area contributed by atoms with Crippen LogP contribution in [0.2, 0.25) is 0 Å². The first-order valence-corrected chi connectivity index (χ1v) is 7.76. The molecule has 2 heterocycles. The molecule has 3 N–H and O–H groups in total. The fourth-order valence-corrected chi connectivity index (χ4v) is 2.36. The Hall–Kier alpha value is -1.16. The number of anilines is 1. The summed E-state index contributed by atoms with van der Waals surface area (Å²) in [4.78, 5) is 17.6. The Morgan fingerprint density at radius 2 is 1.83 bits per heavy atom. The van der Waals surface area contributed by atoms with Gasteiger partial charge in [-0.25, -0.2) is 9.97 Å². The highest BCUT2D eigenvalue weighted by molar-refractivity contribution is 14.0. The maximum absolute atomic E-state index is 5.87. The van der Waals surface area contributed by atoms with Gasteiger partial charge in [-0.15, -0.1) is 24.0 Å². The molecule has 2 rings (SSSR count). The van der Waals surface area contributed by atoms with Gasteiger partial charge in [-0.2, -0.15) is 0 Å². The van der Waals surface area contributed by atoms with Crippen molar-refractivity contribution in [3.63, 3.8) is 0 Å². The van der Waals surface area contributed by atoms with Crippen molar-refractivity contribution in [2.45, 2.75) is 26.3 Å². The number of nitrogens with one attached hydrogen (secondary N) is 1. The Kier molecular flexibility index (Phi) is 7.97. The van der Waals surface area contributed by atoms with Crippen LogP contribution < -0.4 is 16.0 Å². The molecule has 130 valence electrons. The molecular weight excluding hydrogens is 405 g/mol. The molecule has 7 nitrogen and oxygen atoms in total. The number of nitrogens with two attached hydrogens (primary N) is 1. The monoisotopic (exact) mass is 433 g/mol. The molecule has 0 aromatic carbocycles. The summed E-state index contributed by atoms with van der Waals surface area (Å²) >= 11 is 0. The van der Waals surface area contributed by atoms with Gasteiger partial charge in [0.25, 0.3) is 0 Å². The Balaban J connectivity index is 0.00000264. The van der Waals surface area contributed by atoms with Crippen molar-refractivity contribution < 1.29 is 0 Å². The molecule has 0 bridgehead atoms. The number of hydrogen-bond donors (Lipinski definition) is 2. The summed E-state index contributed by atoms with van der Waals surface area (Å²) in [6.07, 6.45) is 3.57. The molecule has 8 heteroatoms. The van der Waals surface area contributed by atoms with Crippen LogP contribution in [0.25, 0.3) is 0 Å². The lowest BCUT2D eigenvalue weighted by molar-refractivity contribution is 0.263. The van der Waals surface area contributed by atoms with Gasteiger partial charge in [0, 0.05) is 50.7 Å². The van der Waals surface area contributed by atoms with Crippen LogP contribution in [0.1, 0.15) is 20.8 Å². The zero-order valence-corrected chi connectivity index (χ0v) is 16.5. The van der Waals surface area contributed by atoms with Crippen molar-refractivity contribution in [1.29, 1.82) is 0 Å². The Labute approximate surface area is 155 Å². The maximum atomic E-state index is 5.87. The Bertz CT molecular complexity index is 478. The molecule has 1 aliphatic rings. The van der Waals surface area contributed by atoms with E-state index >= 15 is 0 Å². The largest absolute Gasteiger partial charge is 0.370 e. The van der Waals surface area contributed by atoms with Crippen LogP contribution in [0.15, 0.2) is 23.5 Å². The number of rotatable bonds is 4. The van der Waals surface area contributed by atoms with Crippen molar-refractivity contribution in [3.05, 3.63) is 18.5 Å². The van der Waals surface area contributed by atoms with Crippen LogP contribution in [0, 0.1) is 0 Å². The normalized spacial score (nSPS) is 16.8. The van der Waals surface area contributed by atoms with Crippen LogP contribution in [0.5, 0.6) is 0 Å². The Morgan fingerprint density at radius 3 is 2.39 bits per heavy atom. The fraction of sp³-hybridized carbons (Fsp3) is 0.667. The quantitative estimate of drug-likeness (QED) is 0.418. The molecule has 1 fully saturated rings. The third-order valence-corrected chi connectivity index (χ3v) is 3.41. The smallest absolute Gasteiger partial charge is 0.225 e. The van der Waals surface area contributed by atoms with E-state index < -0.39 is 0 Å². The first-order chi connectivity index (χ1) is 10.4. The van der Waals surface area contributed by atoms with E-state index in [0.717, 1.165) is 45.2 Å². The summed E-state index contributed by atoms with van der Waals surface area (Å²) < 4.78 is 0. The minimum absolute atomic E-state index is 0. The van der Waals surface area contributed by atoms with Gasteiger partial charge in [-0.05, 0) is 26.8 Å². The molecule has 0 atom stereocenters. The molecule has 23 heavy (non-hydrogen) atoms. The van der Waals surface area contributed by atoms with E-state index in [1.54, 1.807) is 12.4 Å². The third kappa shape index (κ3) is 7.30. The molecule has 1 saturated heterocycles. The zero-order chi connectivity index (χ0) is 16.0. The average Bonchev–Trinajstić information content (AvgIpc) is 2.47. The van der Waals surface area contributed by atoms with Crippen LogP contribution in [-0.2, 0) is 0 Å². The summed E-state index contributed by atoms with van der Waals surface area (Å²) in [6.45, 7) is 11.8. The predicted octanol–water partition coefficient (Wildman–Crippen LogP) is 0.919. The fourth-order valence-electron chi connectivity index (χ4n) is 2.36. The lowest BCUT2D eigenvalue weighted by Gasteiger charge is -2.34. The highest BCUT2D eigenvalue weighted by atomic mass is 127. The number of nitrogens with zero attached hydrogens (tertiary/aromatic N) is 5. The van der Waals surface area contributed by atoms with Gasteiger partial charge in [-0.1, -0.05) is 0 Å². The standard InChI is InChI=1S/C15H27N7.HI/c1-15(2,3)20-13(16)17-7-8-21-9-11-22(12-10-21)14-18-5-4-6-19-14;/h4-6H,7-12H2,1-3H3,(H3,16,17,20);1H. The van der Waals surface area contributed by atoms with E-state index in [-0.39, 0.29) is 29.5 Å². The minimum atomic E-state index is -0.0467. The number of hydrogen-bond acceptors (Lipinski definition) is 5. The molecule has 1 aromatic heterocycles. The predicted molar refractivity (Wildman–Crippen MR) is 105 cm³/mol. The van der Waals surface area contributed by atoms with Crippen LogP contribution in [0.4, 0.5) is 5.95 Å². The highest BCUT2D eigenvalue weighted by Crippen LogP contribution is 2.09. The van der Waals surface area contributed by atoms with E-state index in [1.165, 1.54) is 0 Å². The van der Waals surface area contributed by atoms with Crippen molar-refractivity contribution in [3.8, 4) is 0 Å². The summed E-state index contributed by atoms with van der Waals surface area (Å²) in [5, 5.41) is 3.17. The van der Waals surface area contributed by atoms with Gasteiger partial charge in [-0.3, -0.25) is 9.89 Å². The zero-order valence-electron chi connectivity index (χ0n) is 14.2. The van der Waals surface area contributed by atoms with Gasteiger partial charge >= 0.3 is 0 Å². The topological polar surface area (TPSA) is 82.7 Å². The first-order valence-electron chi connectivity index (χ1n) is 7.76. The second-order valence-corrected chi connectivity index (χ2v) is 6.52. The van der Waals surface area contributed by atoms with Gasteiger partial charge in [0.05, 0.1) is 6.54 Å². The number of piperazine rings is 1. The van der Waals surface area contributed by atoms with Crippen molar-refractivity contribution in [1.82, 2.24) is 20.2 Å². The molecule has 0 radical (unpaired) electrons. The van der Waals surface area contributed by atoms with Crippen molar-refractivity contribution in [2.24, 2.45) is 10.7 Å². The molecule has 0 aliphatic carbocycles. The summed E-state index contributed by atoms with van der Waals surface area (Å²) in [5.74, 6) is 1.34. The third-order valence-electron chi connectivity index (χ3n) is 3.41. The van der Waals surface area contributed by atoms with Gasteiger partial charge in [0.1, 0.15) is 0 Å². The maximum Gasteiger partial charge on any atom is 0.225 e. The molecule has 0 amide bonds. The second kappa shape index (κ2) is 9.21. The summed E-state index contributed by atoms with van der Waals surface area (Å²) in [7, 11) is 0. The van der Waals surface area contributed by atoms with E-state index in [9.17, 15) is 0 Å². The number of aromatic nitrogens is 2. The molecule has 1 aliphatic heterocycles. The lowest BCUT2D eigenvalue weighted by atomic mass is 10.1. The summed E-state index contributed by atoms with van der Waals surface area (Å²) in [5.41, 5.74) is 5.82. The number of aliphatic imine (C=N–C) groups is 1. The molecule has 0 unspecified atom stereocenters. The van der Waals surface area contributed by atoms with Gasteiger partial charge < -0.3 is 16.0 Å². The van der Waals surface area contributed by atoms with E-state index in [4.69, 9.17) is 5.73 Å². The van der Waals surface area contributed by atoms with Gasteiger partial charge in [0.2, 0.25) is 5.95 Å². The van der Waals surface area contributed by atoms with Gasteiger partial charge in [0.15, 0.2) is 5.96 Å². The minimum Gasteiger partial charge on any atom is -0.370 e. The van der Waals surface area contributed by atoms with Crippen LogP contribution in [-0.4, -0.2) is 65.6 Å². The number of guanidine groups is 1. The highest BCUT2D eigenvalue weighted by Gasteiger charge is 2.18. The number of halogens is 1. The molecule has 1 aromatic rings. The van der Waals surface area contributed by atoms with Crippen LogP contribution in [0.3, 0.4) is 0 Å².